The molecule has 170 valence electrons. The first-order chi connectivity index (χ1) is 15.5. The van der Waals surface area contributed by atoms with Crippen LogP contribution in [0.25, 0.3) is 6.08 Å². The number of rotatable bonds is 8. The van der Waals surface area contributed by atoms with Gasteiger partial charge in [0.05, 0.1) is 0 Å². The maximum atomic E-state index is 13.4. The van der Waals surface area contributed by atoms with Gasteiger partial charge in [-0.1, -0.05) is 56.3 Å². The number of amides is 3. The zero-order chi connectivity index (χ0) is 22.8. The monoisotopic (exact) mass is 436 g/mol. The van der Waals surface area contributed by atoms with Gasteiger partial charge < -0.3 is 19.6 Å². The summed E-state index contributed by atoms with van der Waals surface area (Å²) in [5, 5.41) is 0. The van der Waals surface area contributed by atoms with Crippen LogP contribution in [0, 0.1) is 0 Å². The second-order valence-corrected chi connectivity index (χ2v) is 8.30. The van der Waals surface area contributed by atoms with Crippen LogP contribution in [0.2, 0.25) is 0 Å². The first-order valence-corrected chi connectivity index (χ1v) is 11.3. The number of hydrogen-bond acceptors (Lipinski definition) is 6. The molecular weight excluding hydrogens is 404 g/mol. The zero-order valence-electron chi connectivity index (χ0n) is 19.3. The molecule has 0 N–H and O–H groups in total. The molecule has 3 amide bonds. The number of guanidine groups is 1. The van der Waals surface area contributed by atoms with Gasteiger partial charge in [-0.25, -0.2) is 9.79 Å². The van der Waals surface area contributed by atoms with Crippen molar-refractivity contribution in [2.45, 2.75) is 33.0 Å². The van der Waals surface area contributed by atoms with Crippen molar-refractivity contribution in [2.24, 2.45) is 4.99 Å². The van der Waals surface area contributed by atoms with E-state index in [0.29, 0.717) is 0 Å². The van der Waals surface area contributed by atoms with Gasteiger partial charge in [0.1, 0.15) is 0 Å². The van der Waals surface area contributed by atoms with Gasteiger partial charge in [0.2, 0.25) is 5.96 Å². The van der Waals surface area contributed by atoms with E-state index in [-0.39, 0.29) is 18.5 Å². The van der Waals surface area contributed by atoms with Crippen LogP contribution < -0.4 is 0 Å². The highest BCUT2D eigenvalue weighted by molar-refractivity contribution is 6.05. The fourth-order valence-corrected chi connectivity index (χ4v) is 4.49. The number of carbonyl (C=O) groups excluding carboxylic acids is 2. The van der Waals surface area contributed by atoms with Crippen molar-refractivity contribution in [3.05, 3.63) is 53.9 Å². The van der Waals surface area contributed by atoms with Gasteiger partial charge >= 0.3 is 6.03 Å². The van der Waals surface area contributed by atoms with Crippen molar-refractivity contribution in [2.75, 3.05) is 39.8 Å². The molecule has 2 atom stereocenters. The molecule has 8 heteroatoms. The molecule has 3 aliphatic rings. The summed E-state index contributed by atoms with van der Waals surface area (Å²) in [6, 6.07) is 9.02. The predicted molar refractivity (Wildman–Crippen MR) is 125 cm³/mol. The van der Waals surface area contributed by atoms with Crippen molar-refractivity contribution in [3.63, 3.8) is 0 Å². The van der Waals surface area contributed by atoms with Crippen LogP contribution in [-0.4, -0.2) is 94.4 Å². The molecule has 0 aromatic heterocycles. The fraction of sp³-hybridized carbons (Fsp3) is 0.458. The highest BCUT2D eigenvalue weighted by atomic mass is 16.2. The minimum absolute atomic E-state index is 0.204. The lowest BCUT2D eigenvalue weighted by molar-refractivity contribution is -0.136. The molecule has 0 radical (unpaired) electrons. The maximum absolute atomic E-state index is 13.4. The Kier molecular flexibility index (Phi) is 6.32. The molecule has 4 rings (SSSR count). The molecule has 8 nitrogen and oxygen atoms in total. The van der Waals surface area contributed by atoms with Crippen molar-refractivity contribution < 1.29 is 9.59 Å². The minimum atomic E-state index is -0.522. The van der Waals surface area contributed by atoms with Crippen LogP contribution in [0.1, 0.15) is 26.3 Å². The molecule has 3 heterocycles. The minimum Gasteiger partial charge on any atom is -0.313 e. The van der Waals surface area contributed by atoms with Crippen LogP contribution >= 0.6 is 0 Å². The Morgan fingerprint density at radius 1 is 1.09 bits per heavy atom. The summed E-state index contributed by atoms with van der Waals surface area (Å²) in [6.45, 7) is 10.3. The first-order valence-electron chi connectivity index (χ1n) is 11.3. The lowest BCUT2D eigenvalue weighted by Crippen LogP contribution is -2.64. The van der Waals surface area contributed by atoms with Gasteiger partial charge in [0, 0.05) is 38.6 Å². The highest BCUT2D eigenvalue weighted by Crippen LogP contribution is 2.33. The molecule has 2 unspecified atom stereocenters. The Balaban J connectivity index is 1.50. The number of hydrogen-bond donors (Lipinski definition) is 0. The zero-order valence-corrected chi connectivity index (χ0v) is 19.3. The second-order valence-electron chi connectivity index (χ2n) is 8.30. The Hall–Kier alpha value is -3.13. The lowest BCUT2D eigenvalue weighted by Gasteiger charge is -2.39. The topological polar surface area (TPSA) is 62.7 Å². The van der Waals surface area contributed by atoms with E-state index in [1.807, 2.05) is 60.5 Å². The van der Waals surface area contributed by atoms with Gasteiger partial charge in [-0.15, -0.1) is 0 Å². The van der Waals surface area contributed by atoms with Crippen LogP contribution in [0.4, 0.5) is 4.79 Å². The molecule has 1 saturated heterocycles. The summed E-state index contributed by atoms with van der Waals surface area (Å²) in [5.74, 6) is 0.559. The van der Waals surface area contributed by atoms with Crippen molar-refractivity contribution in [1.82, 2.24) is 24.5 Å². The Labute approximate surface area is 190 Å². The molecule has 1 aromatic carbocycles. The molecule has 0 spiro atoms. The van der Waals surface area contributed by atoms with Crippen molar-refractivity contribution >= 4 is 24.0 Å². The van der Waals surface area contributed by atoms with E-state index in [0.717, 1.165) is 43.4 Å². The summed E-state index contributed by atoms with van der Waals surface area (Å²) in [5.41, 5.74) is 2.10. The third-order valence-electron chi connectivity index (χ3n) is 6.43. The second kappa shape index (κ2) is 9.16. The number of urea groups is 1. The Morgan fingerprint density at radius 3 is 2.50 bits per heavy atom. The average Bonchev–Trinajstić information content (AvgIpc) is 3.31. The third-order valence-corrected chi connectivity index (χ3v) is 6.43. The number of benzene rings is 1. The number of carbonyl (C=O) groups is 2. The molecule has 32 heavy (non-hydrogen) atoms. The molecule has 3 aliphatic heterocycles. The van der Waals surface area contributed by atoms with E-state index >= 15 is 0 Å². The molecule has 0 bridgehead atoms. The highest BCUT2D eigenvalue weighted by Gasteiger charge is 2.53. The van der Waals surface area contributed by atoms with E-state index in [9.17, 15) is 9.59 Å². The van der Waals surface area contributed by atoms with Crippen molar-refractivity contribution in [3.8, 4) is 0 Å². The Bertz CT molecular complexity index is 952. The summed E-state index contributed by atoms with van der Waals surface area (Å²) < 4.78 is 0. The molecule has 0 saturated carbocycles. The van der Waals surface area contributed by atoms with Crippen LogP contribution in [0.15, 0.2) is 53.3 Å². The normalized spacial score (nSPS) is 22.8. The summed E-state index contributed by atoms with van der Waals surface area (Å²) in [4.78, 5) is 40.5. The average molecular weight is 437 g/mol. The van der Waals surface area contributed by atoms with E-state index in [1.165, 1.54) is 4.90 Å². The number of fused-ring (bicyclic) bond motifs is 3. The number of nitrogens with zero attached hydrogens (tertiary/aromatic N) is 6. The number of imide groups is 1. The van der Waals surface area contributed by atoms with E-state index in [4.69, 9.17) is 4.99 Å². The van der Waals surface area contributed by atoms with Crippen LogP contribution in [0.3, 0.4) is 0 Å². The Morgan fingerprint density at radius 2 is 1.81 bits per heavy atom. The summed E-state index contributed by atoms with van der Waals surface area (Å²) in [7, 11) is 1.73. The maximum Gasteiger partial charge on any atom is 0.328 e. The predicted octanol–water partition coefficient (Wildman–Crippen LogP) is 2.48. The van der Waals surface area contributed by atoms with Gasteiger partial charge in [-0.3, -0.25) is 9.69 Å². The molecule has 1 fully saturated rings. The largest absolute Gasteiger partial charge is 0.328 e. The van der Waals surface area contributed by atoms with Gasteiger partial charge in [-0.05, 0) is 25.6 Å². The van der Waals surface area contributed by atoms with Crippen LogP contribution in [0.5, 0.6) is 0 Å². The number of likely N-dealkylation sites (N-methyl/N-ethyl adjacent to an activating group) is 2. The van der Waals surface area contributed by atoms with E-state index in [1.54, 1.807) is 11.9 Å². The molecular formula is C24H32N6O2. The van der Waals surface area contributed by atoms with E-state index in [2.05, 4.69) is 23.6 Å². The number of aliphatic imine (C=N–C) groups is 1. The summed E-state index contributed by atoms with van der Waals surface area (Å²) in [6.07, 6.45) is 5.28. The van der Waals surface area contributed by atoms with E-state index < -0.39 is 12.2 Å². The quantitative estimate of drug-likeness (QED) is 0.627. The first kappa shape index (κ1) is 22.1. The van der Waals surface area contributed by atoms with Gasteiger partial charge in [0.15, 0.2) is 12.2 Å². The summed E-state index contributed by atoms with van der Waals surface area (Å²) >= 11 is 0. The lowest BCUT2D eigenvalue weighted by atomic mass is 10.1. The standard InChI is InChI=1S/C24H32N6O2/c1-5-27(6-2)15-16-28-18(3)17-30-20-21(25-23(28)30)26(4)24(32)29(22(20)31)14-10-13-19-11-8-7-9-12-19/h7-13,17,20-21H,5-6,14-16H2,1-4H3/b13-10+. The van der Waals surface area contributed by atoms with Crippen LogP contribution in [-0.2, 0) is 4.79 Å². The fourth-order valence-electron chi connectivity index (χ4n) is 4.49. The SMILES string of the molecule is CCN(CC)CCN1C(C)=CN2C1=NC1C2C(=O)N(C/C=C/c2ccccc2)C(=O)N1C. The molecule has 0 aliphatic carbocycles. The smallest absolute Gasteiger partial charge is 0.313 e. The molecule has 1 aromatic rings. The number of allylic oxidation sites excluding steroid dienone is 1. The van der Waals surface area contributed by atoms with Gasteiger partial charge in [-0.2, -0.15) is 0 Å². The third kappa shape index (κ3) is 3.90. The van der Waals surface area contributed by atoms with Gasteiger partial charge in [0.25, 0.3) is 5.91 Å². The van der Waals surface area contributed by atoms with Crippen molar-refractivity contribution in [1.29, 1.82) is 0 Å².